The SMILES string of the molecule is O=C(NCCCOCCCl)c1cccc2ccccc12. The van der Waals surface area contributed by atoms with E-state index < -0.39 is 0 Å². The highest BCUT2D eigenvalue weighted by Crippen LogP contribution is 2.18. The molecule has 0 saturated carbocycles. The van der Waals surface area contributed by atoms with E-state index in [4.69, 9.17) is 16.3 Å². The lowest BCUT2D eigenvalue weighted by Crippen LogP contribution is -2.25. The summed E-state index contributed by atoms with van der Waals surface area (Å²) in [7, 11) is 0. The molecule has 20 heavy (non-hydrogen) atoms. The number of hydrogen-bond acceptors (Lipinski definition) is 2. The second-order valence-corrected chi connectivity index (χ2v) is 4.82. The number of halogens is 1. The molecule has 1 N–H and O–H groups in total. The summed E-state index contributed by atoms with van der Waals surface area (Å²) in [6.07, 6.45) is 0.785. The van der Waals surface area contributed by atoms with Crippen molar-refractivity contribution in [2.75, 3.05) is 25.6 Å². The third-order valence-corrected chi connectivity index (χ3v) is 3.16. The monoisotopic (exact) mass is 291 g/mol. The first-order chi connectivity index (χ1) is 9.83. The molecule has 0 aliphatic carbocycles. The van der Waals surface area contributed by atoms with Crippen molar-refractivity contribution >= 4 is 28.3 Å². The van der Waals surface area contributed by atoms with Crippen LogP contribution in [0.15, 0.2) is 42.5 Å². The second kappa shape index (κ2) is 7.88. The summed E-state index contributed by atoms with van der Waals surface area (Å²) in [6.45, 7) is 1.77. The van der Waals surface area contributed by atoms with Crippen LogP contribution in [0, 0.1) is 0 Å². The van der Waals surface area contributed by atoms with Gasteiger partial charge >= 0.3 is 0 Å². The molecule has 0 atom stereocenters. The number of carbonyl (C=O) groups is 1. The Morgan fingerprint density at radius 3 is 2.75 bits per heavy atom. The molecule has 0 spiro atoms. The zero-order chi connectivity index (χ0) is 14.2. The minimum atomic E-state index is -0.0425. The van der Waals surface area contributed by atoms with Gasteiger partial charge in [0.05, 0.1) is 6.61 Å². The van der Waals surface area contributed by atoms with E-state index in [0.29, 0.717) is 31.2 Å². The molecule has 1 amide bonds. The number of alkyl halides is 1. The third-order valence-electron chi connectivity index (χ3n) is 3.01. The van der Waals surface area contributed by atoms with Gasteiger partial charge in [-0.1, -0.05) is 36.4 Å². The maximum absolute atomic E-state index is 12.2. The number of fused-ring (bicyclic) bond motifs is 1. The third kappa shape index (κ3) is 3.95. The normalized spacial score (nSPS) is 10.7. The van der Waals surface area contributed by atoms with Crippen LogP contribution in [0.1, 0.15) is 16.8 Å². The largest absolute Gasteiger partial charge is 0.380 e. The molecule has 0 bridgehead atoms. The number of ether oxygens (including phenoxy) is 1. The number of carbonyl (C=O) groups excluding carboxylic acids is 1. The molecule has 0 saturated heterocycles. The van der Waals surface area contributed by atoms with Gasteiger partial charge in [0.2, 0.25) is 0 Å². The number of nitrogens with one attached hydrogen (secondary N) is 1. The molecule has 3 nitrogen and oxygen atoms in total. The first-order valence-corrected chi connectivity index (χ1v) is 7.26. The van der Waals surface area contributed by atoms with Crippen LogP contribution in [0.4, 0.5) is 0 Å². The summed E-state index contributed by atoms with van der Waals surface area (Å²) in [6, 6.07) is 13.6. The molecule has 106 valence electrons. The highest BCUT2D eigenvalue weighted by atomic mass is 35.5. The summed E-state index contributed by atoms with van der Waals surface area (Å²) in [4.78, 5) is 12.2. The van der Waals surface area contributed by atoms with Gasteiger partial charge in [0.1, 0.15) is 0 Å². The van der Waals surface area contributed by atoms with Crippen LogP contribution in [-0.4, -0.2) is 31.5 Å². The van der Waals surface area contributed by atoms with E-state index in [1.165, 1.54) is 0 Å². The number of hydrogen-bond donors (Lipinski definition) is 1. The standard InChI is InChI=1S/C16H18ClNO2/c17-9-12-20-11-4-10-18-16(19)15-8-3-6-13-5-1-2-7-14(13)15/h1-3,5-8H,4,9-12H2,(H,18,19). The lowest BCUT2D eigenvalue weighted by atomic mass is 10.0. The van der Waals surface area contributed by atoms with Gasteiger partial charge in [-0.2, -0.15) is 0 Å². The Bertz CT molecular complexity index is 566. The second-order valence-electron chi connectivity index (χ2n) is 4.44. The molecule has 2 aromatic rings. The summed E-state index contributed by atoms with van der Waals surface area (Å²) in [5, 5.41) is 4.97. The van der Waals surface area contributed by atoms with Gasteiger partial charge in [-0.05, 0) is 23.3 Å². The molecular formula is C16H18ClNO2. The molecule has 0 aliphatic heterocycles. The van der Waals surface area contributed by atoms with E-state index in [0.717, 1.165) is 17.2 Å². The van der Waals surface area contributed by atoms with Crippen molar-refractivity contribution in [1.29, 1.82) is 0 Å². The molecule has 0 radical (unpaired) electrons. The van der Waals surface area contributed by atoms with Crippen molar-refractivity contribution in [2.24, 2.45) is 0 Å². The maximum Gasteiger partial charge on any atom is 0.251 e. The fraction of sp³-hybridized carbons (Fsp3) is 0.312. The Labute approximate surface area is 123 Å². The van der Waals surface area contributed by atoms with Crippen LogP contribution in [0.3, 0.4) is 0 Å². The zero-order valence-electron chi connectivity index (χ0n) is 11.3. The van der Waals surface area contributed by atoms with Gasteiger partial charge in [-0.3, -0.25) is 4.79 Å². The topological polar surface area (TPSA) is 38.3 Å². The Morgan fingerprint density at radius 1 is 1.10 bits per heavy atom. The molecule has 2 rings (SSSR count). The van der Waals surface area contributed by atoms with Gasteiger partial charge in [0.25, 0.3) is 5.91 Å². The maximum atomic E-state index is 12.2. The van der Waals surface area contributed by atoms with E-state index in [1.54, 1.807) is 0 Å². The predicted molar refractivity (Wildman–Crippen MR) is 82.4 cm³/mol. The fourth-order valence-corrected chi connectivity index (χ4v) is 2.16. The Balaban J connectivity index is 1.91. The summed E-state index contributed by atoms with van der Waals surface area (Å²) < 4.78 is 5.26. The lowest BCUT2D eigenvalue weighted by Gasteiger charge is -2.08. The Hall–Kier alpha value is -1.58. The van der Waals surface area contributed by atoms with Crippen LogP contribution in [0.25, 0.3) is 10.8 Å². The number of amides is 1. The molecule has 0 aromatic heterocycles. The Morgan fingerprint density at radius 2 is 1.90 bits per heavy atom. The predicted octanol–water partition coefficient (Wildman–Crippen LogP) is 3.22. The number of rotatable bonds is 7. The van der Waals surface area contributed by atoms with Gasteiger partial charge in [0.15, 0.2) is 0 Å². The lowest BCUT2D eigenvalue weighted by molar-refractivity contribution is 0.0946. The molecular weight excluding hydrogens is 274 g/mol. The Kier molecular flexibility index (Phi) is 5.84. The van der Waals surface area contributed by atoms with Crippen LogP contribution >= 0.6 is 11.6 Å². The minimum Gasteiger partial charge on any atom is -0.380 e. The highest BCUT2D eigenvalue weighted by Gasteiger charge is 2.08. The van der Waals surface area contributed by atoms with Crippen LogP contribution in [-0.2, 0) is 4.74 Å². The van der Waals surface area contributed by atoms with Crippen molar-refractivity contribution in [3.05, 3.63) is 48.0 Å². The smallest absolute Gasteiger partial charge is 0.251 e. The van der Waals surface area contributed by atoms with Crippen LogP contribution in [0.5, 0.6) is 0 Å². The first-order valence-electron chi connectivity index (χ1n) is 6.72. The van der Waals surface area contributed by atoms with Crippen molar-refractivity contribution in [1.82, 2.24) is 5.32 Å². The first kappa shape index (κ1) is 14.8. The van der Waals surface area contributed by atoms with Crippen molar-refractivity contribution in [3.63, 3.8) is 0 Å². The average Bonchev–Trinajstić information content (AvgIpc) is 2.50. The number of benzene rings is 2. The van der Waals surface area contributed by atoms with Crippen molar-refractivity contribution in [2.45, 2.75) is 6.42 Å². The molecule has 4 heteroatoms. The van der Waals surface area contributed by atoms with Gasteiger partial charge < -0.3 is 10.1 Å². The van der Waals surface area contributed by atoms with Crippen molar-refractivity contribution in [3.8, 4) is 0 Å². The minimum absolute atomic E-state index is 0.0425. The molecule has 2 aromatic carbocycles. The van der Waals surface area contributed by atoms with Crippen molar-refractivity contribution < 1.29 is 9.53 Å². The van der Waals surface area contributed by atoms with Crippen LogP contribution < -0.4 is 5.32 Å². The molecule has 0 aliphatic rings. The highest BCUT2D eigenvalue weighted by molar-refractivity contribution is 6.17. The quantitative estimate of drug-likeness (QED) is 0.628. The van der Waals surface area contributed by atoms with E-state index in [2.05, 4.69) is 5.32 Å². The molecule has 0 fully saturated rings. The molecule has 0 unspecified atom stereocenters. The van der Waals surface area contributed by atoms with Gasteiger partial charge in [0, 0.05) is 24.6 Å². The van der Waals surface area contributed by atoms with E-state index in [1.807, 2.05) is 42.5 Å². The van der Waals surface area contributed by atoms with E-state index in [-0.39, 0.29) is 5.91 Å². The van der Waals surface area contributed by atoms with Gasteiger partial charge in [-0.25, -0.2) is 0 Å². The fourth-order valence-electron chi connectivity index (χ4n) is 2.05. The summed E-state index contributed by atoms with van der Waals surface area (Å²) >= 11 is 5.51. The van der Waals surface area contributed by atoms with E-state index in [9.17, 15) is 4.79 Å². The van der Waals surface area contributed by atoms with Crippen LogP contribution in [0.2, 0.25) is 0 Å². The van der Waals surface area contributed by atoms with E-state index >= 15 is 0 Å². The zero-order valence-corrected chi connectivity index (χ0v) is 12.0. The average molecular weight is 292 g/mol. The molecule has 0 heterocycles. The van der Waals surface area contributed by atoms with Gasteiger partial charge in [-0.15, -0.1) is 11.6 Å². The summed E-state index contributed by atoms with van der Waals surface area (Å²) in [5.41, 5.74) is 0.713. The summed E-state index contributed by atoms with van der Waals surface area (Å²) in [5.74, 6) is 0.460.